The van der Waals surface area contributed by atoms with Crippen molar-refractivity contribution in [3.63, 3.8) is 0 Å². The summed E-state index contributed by atoms with van der Waals surface area (Å²) in [5, 5.41) is 0. The number of aromatic nitrogens is 5. The molecule has 0 bridgehead atoms. The van der Waals surface area contributed by atoms with Crippen LogP contribution >= 0.6 is 0 Å². The number of hydrogen-bond acceptors (Lipinski definition) is 5. The van der Waals surface area contributed by atoms with Crippen LogP contribution in [0.5, 0.6) is 0 Å². The summed E-state index contributed by atoms with van der Waals surface area (Å²) in [5.74, 6) is 0.961. The fourth-order valence-electron chi connectivity index (χ4n) is 4.35. The van der Waals surface area contributed by atoms with E-state index in [-0.39, 0.29) is 6.04 Å². The average Bonchev–Trinajstić information content (AvgIpc) is 3.38. The number of nitrogens with zero attached hydrogens (tertiary/aromatic N) is 4. The first-order valence-corrected chi connectivity index (χ1v) is 10.1. The minimum atomic E-state index is 0.238. The van der Waals surface area contributed by atoms with Gasteiger partial charge >= 0.3 is 0 Å². The van der Waals surface area contributed by atoms with E-state index >= 15 is 0 Å². The second-order valence-corrected chi connectivity index (χ2v) is 7.59. The molecule has 1 aliphatic carbocycles. The number of rotatable bonds is 6. The monoisotopic (exact) mass is 387 g/mol. The number of imidazole rings is 2. The first kappa shape index (κ1) is 18.0. The Morgan fingerprint density at radius 3 is 2.93 bits per heavy atom. The molecule has 148 valence electrons. The zero-order valence-corrected chi connectivity index (χ0v) is 16.3. The number of aromatic amines is 2. The van der Waals surface area contributed by atoms with E-state index in [1.165, 1.54) is 11.3 Å². The zero-order valence-electron chi connectivity index (χ0n) is 16.3. The number of nitrogens with one attached hydrogen (secondary N) is 2. The van der Waals surface area contributed by atoms with E-state index in [0.29, 0.717) is 13.1 Å². The molecule has 1 aliphatic rings. The van der Waals surface area contributed by atoms with Crippen molar-refractivity contribution < 1.29 is 0 Å². The number of benzene rings is 1. The van der Waals surface area contributed by atoms with Crippen molar-refractivity contribution in [1.82, 2.24) is 29.8 Å². The SMILES string of the molecule is NCc1nc[nH]c1CN(Cc1nc2ccccc2[nH]1)C1CCCc2cccnc21. The predicted molar refractivity (Wildman–Crippen MR) is 112 cm³/mol. The van der Waals surface area contributed by atoms with E-state index < -0.39 is 0 Å². The summed E-state index contributed by atoms with van der Waals surface area (Å²) in [7, 11) is 0. The van der Waals surface area contributed by atoms with Gasteiger partial charge in [-0.25, -0.2) is 9.97 Å². The predicted octanol–water partition coefficient (Wildman–Crippen LogP) is 3.22. The van der Waals surface area contributed by atoms with Crippen molar-refractivity contribution in [1.29, 1.82) is 0 Å². The van der Waals surface area contributed by atoms with E-state index in [2.05, 4.69) is 32.0 Å². The Hall–Kier alpha value is -3.03. The molecule has 1 atom stereocenters. The summed E-state index contributed by atoms with van der Waals surface area (Å²) in [5.41, 5.74) is 12.5. The molecule has 5 rings (SSSR count). The lowest BCUT2D eigenvalue weighted by Gasteiger charge is -2.34. The molecule has 0 spiro atoms. The molecule has 29 heavy (non-hydrogen) atoms. The molecular formula is C22H25N7. The van der Waals surface area contributed by atoms with Crippen LogP contribution in [-0.2, 0) is 26.1 Å². The van der Waals surface area contributed by atoms with Crippen LogP contribution in [0.2, 0.25) is 0 Å². The second-order valence-electron chi connectivity index (χ2n) is 7.59. The van der Waals surface area contributed by atoms with Crippen molar-refractivity contribution in [2.45, 2.75) is 44.9 Å². The summed E-state index contributed by atoms with van der Waals surface area (Å²) in [4.78, 5) is 23.1. The van der Waals surface area contributed by atoms with Gasteiger partial charge in [-0.1, -0.05) is 18.2 Å². The lowest BCUT2D eigenvalue weighted by Crippen LogP contribution is -2.32. The Morgan fingerprint density at radius 1 is 1.10 bits per heavy atom. The average molecular weight is 387 g/mol. The third-order valence-corrected chi connectivity index (χ3v) is 5.76. The number of fused-ring (bicyclic) bond motifs is 2. The van der Waals surface area contributed by atoms with Crippen LogP contribution in [0.15, 0.2) is 48.9 Å². The topological polar surface area (TPSA) is 99.5 Å². The van der Waals surface area contributed by atoms with E-state index in [4.69, 9.17) is 15.7 Å². The lowest BCUT2D eigenvalue weighted by atomic mass is 9.90. The maximum absolute atomic E-state index is 5.90. The highest BCUT2D eigenvalue weighted by atomic mass is 15.2. The normalized spacial score (nSPS) is 16.4. The van der Waals surface area contributed by atoms with Crippen LogP contribution in [0, 0.1) is 0 Å². The van der Waals surface area contributed by atoms with Gasteiger partial charge in [0, 0.05) is 19.3 Å². The molecule has 1 aromatic carbocycles. The van der Waals surface area contributed by atoms with E-state index in [1.807, 2.05) is 30.5 Å². The van der Waals surface area contributed by atoms with Crippen molar-refractivity contribution in [3.05, 3.63) is 77.4 Å². The Kier molecular flexibility index (Phi) is 4.83. The van der Waals surface area contributed by atoms with Gasteiger partial charge in [-0.3, -0.25) is 9.88 Å². The largest absolute Gasteiger partial charge is 0.347 e. The highest BCUT2D eigenvalue weighted by molar-refractivity contribution is 5.74. The number of pyridine rings is 1. The molecule has 0 aliphatic heterocycles. The maximum Gasteiger partial charge on any atom is 0.121 e. The fourth-order valence-corrected chi connectivity index (χ4v) is 4.35. The molecule has 7 heteroatoms. The number of para-hydroxylation sites is 2. The standard InChI is InChI=1S/C22H25N7/c23-11-18-19(26-14-25-18)12-29(13-21-27-16-7-1-2-8-17(16)28-21)20-9-3-5-15-6-4-10-24-22(15)20/h1-2,4,6-8,10,14,20H,3,5,9,11-13,23H2,(H,25,26)(H,27,28). The van der Waals surface area contributed by atoms with Crippen LogP contribution in [0.3, 0.4) is 0 Å². The maximum atomic E-state index is 5.90. The summed E-state index contributed by atoms with van der Waals surface area (Å²) in [6, 6.07) is 12.6. The first-order valence-electron chi connectivity index (χ1n) is 10.1. The Labute approximate surface area is 169 Å². The van der Waals surface area contributed by atoms with Gasteiger partial charge in [-0.15, -0.1) is 0 Å². The molecule has 1 unspecified atom stereocenters. The van der Waals surface area contributed by atoms with Gasteiger partial charge < -0.3 is 15.7 Å². The Balaban J connectivity index is 1.51. The van der Waals surface area contributed by atoms with Crippen molar-refractivity contribution in [2.24, 2.45) is 5.73 Å². The molecule has 0 fully saturated rings. The minimum absolute atomic E-state index is 0.238. The molecule has 0 amide bonds. The Morgan fingerprint density at radius 2 is 2.03 bits per heavy atom. The summed E-state index contributed by atoms with van der Waals surface area (Å²) in [6.45, 7) is 1.86. The number of aryl methyl sites for hydroxylation is 1. The summed E-state index contributed by atoms with van der Waals surface area (Å²) in [6.07, 6.45) is 6.96. The molecule has 4 N–H and O–H groups in total. The lowest BCUT2D eigenvalue weighted by molar-refractivity contribution is 0.151. The van der Waals surface area contributed by atoms with E-state index in [9.17, 15) is 0 Å². The fraction of sp³-hybridized carbons (Fsp3) is 0.318. The van der Waals surface area contributed by atoms with Crippen molar-refractivity contribution >= 4 is 11.0 Å². The van der Waals surface area contributed by atoms with E-state index in [1.54, 1.807) is 6.33 Å². The van der Waals surface area contributed by atoms with Crippen LogP contribution in [0.4, 0.5) is 0 Å². The van der Waals surface area contributed by atoms with Gasteiger partial charge in [-0.05, 0) is 43.0 Å². The molecule has 3 aromatic heterocycles. The van der Waals surface area contributed by atoms with Gasteiger partial charge in [0.1, 0.15) is 5.82 Å². The highest BCUT2D eigenvalue weighted by Crippen LogP contribution is 2.34. The molecule has 4 aromatic rings. The zero-order chi connectivity index (χ0) is 19.6. The smallest absolute Gasteiger partial charge is 0.121 e. The third kappa shape index (κ3) is 3.54. The summed E-state index contributed by atoms with van der Waals surface area (Å²) >= 11 is 0. The number of hydrogen-bond donors (Lipinski definition) is 3. The molecule has 7 nitrogen and oxygen atoms in total. The van der Waals surface area contributed by atoms with E-state index in [0.717, 1.165) is 54.1 Å². The van der Waals surface area contributed by atoms with Gasteiger partial charge in [-0.2, -0.15) is 0 Å². The minimum Gasteiger partial charge on any atom is -0.347 e. The van der Waals surface area contributed by atoms with Crippen LogP contribution in [0.1, 0.15) is 47.4 Å². The van der Waals surface area contributed by atoms with Gasteiger partial charge in [0.05, 0.1) is 47.0 Å². The van der Waals surface area contributed by atoms with Crippen LogP contribution < -0.4 is 5.73 Å². The number of nitrogens with two attached hydrogens (primary N) is 1. The quantitative estimate of drug-likeness (QED) is 0.472. The van der Waals surface area contributed by atoms with Gasteiger partial charge in [0.2, 0.25) is 0 Å². The second kappa shape index (κ2) is 7.77. The van der Waals surface area contributed by atoms with Gasteiger partial charge in [0.25, 0.3) is 0 Å². The molecule has 0 saturated heterocycles. The van der Waals surface area contributed by atoms with Crippen LogP contribution in [0.25, 0.3) is 11.0 Å². The Bertz CT molecular complexity index is 1080. The third-order valence-electron chi connectivity index (χ3n) is 5.76. The molecule has 0 saturated carbocycles. The summed E-state index contributed by atoms with van der Waals surface area (Å²) < 4.78 is 0. The highest BCUT2D eigenvalue weighted by Gasteiger charge is 2.28. The first-order chi connectivity index (χ1) is 14.3. The molecular weight excluding hydrogens is 362 g/mol. The van der Waals surface area contributed by atoms with Crippen molar-refractivity contribution in [2.75, 3.05) is 0 Å². The molecule has 0 radical (unpaired) electrons. The van der Waals surface area contributed by atoms with Crippen LogP contribution in [-0.4, -0.2) is 29.8 Å². The van der Waals surface area contributed by atoms with Gasteiger partial charge in [0.15, 0.2) is 0 Å². The molecule has 3 heterocycles. The van der Waals surface area contributed by atoms with Crippen molar-refractivity contribution in [3.8, 4) is 0 Å². The number of H-pyrrole nitrogens is 2.